The molecule has 88 valence electrons. The molecule has 3 nitrogen and oxygen atoms in total. The third-order valence-corrected chi connectivity index (χ3v) is 3.16. The first-order valence-electron chi connectivity index (χ1n) is 5.12. The molecule has 2 rings (SSSR count). The standard InChI is InChI=1S/C12H11FN2OS/c13-11-5-8(6-16)1-2-9(11)3-4-10-7-17-12(14)15-10/h1-2,5-7H,3-4H2,(H2,14,15). The van der Waals surface area contributed by atoms with Gasteiger partial charge in [0.05, 0.1) is 5.69 Å². The Bertz CT molecular complexity index is 539. The van der Waals surface area contributed by atoms with Gasteiger partial charge in [-0.05, 0) is 24.5 Å². The molecule has 2 N–H and O–H groups in total. The van der Waals surface area contributed by atoms with Crippen molar-refractivity contribution in [3.05, 3.63) is 46.2 Å². The van der Waals surface area contributed by atoms with Crippen LogP contribution in [0, 0.1) is 5.82 Å². The van der Waals surface area contributed by atoms with Crippen molar-refractivity contribution in [1.29, 1.82) is 0 Å². The fraction of sp³-hybridized carbons (Fsp3) is 0.167. The van der Waals surface area contributed by atoms with Crippen molar-refractivity contribution in [3.63, 3.8) is 0 Å². The van der Waals surface area contributed by atoms with Gasteiger partial charge in [-0.2, -0.15) is 0 Å². The van der Waals surface area contributed by atoms with Crippen LogP contribution in [0.25, 0.3) is 0 Å². The molecule has 1 heterocycles. The van der Waals surface area contributed by atoms with Crippen LogP contribution >= 0.6 is 11.3 Å². The summed E-state index contributed by atoms with van der Waals surface area (Å²) in [4.78, 5) is 14.6. The minimum atomic E-state index is -0.349. The second-order valence-electron chi connectivity index (χ2n) is 3.65. The molecular formula is C12H11FN2OS. The van der Waals surface area contributed by atoms with Gasteiger partial charge in [0.15, 0.2) is 5.13 Å². The van der Waals surface area contributed by atoms with Crippen LogP contribution in [0.1, 0.15) is 21.6 Å². The number of carbonyl (C=O) groups excluding carboxylic acids is 1. The van der Waals surface area contributed by atoms with E-state index < -0.39 is 0 Å². The zero-order chi connectivity index (χ0) is 12.3. The summed E-state index contributed by atoms with van der Waals surface area (Å²) in [6.07, 6.45) is 1.83. The molecule has 0 saturated carbocycles. The summed E-state index contributed by atoms with van der Waals surface area (Å²) < 4.78 is 13.5. The molecule has 5 heteroatoms. The van der Waals surface area contributed by atoms with Gasteiger partial charge < -0.3 is 5.73 Å². The van der Waals surface area contributed by atoms with Gasteiger partial charge in [0.2, 0.25) is 0 Å². The SMILES string of the molecule is Nc1nc(CCc2ccc(C=O)cc2F)cs1. The monoisotopic (exact) mass is 250 g/mol. The lowest BCUT2D eigenvalue weighted by atomic mass is 10.1. The molecule has 0 unspecified atom stereocenters. The molecule has 1 aromatic carbocycles. The molecule has 0 radical (unpaired) electrons. The number of aldehydes is 1. The molecule has 0 atom stereocenters. The number of anilines is 1. The molecule has 0 saturated heterocycles. The lowest BCUT2D eigenvalue weighted by molar-refractivity contribution is 0.112. The van der Waals surface area contributed by atoms with E-state index in [-0.39, 0.29) is 5.82 Å². The van der Waals surface area contributed by atoms with E-state index in [0.717, 1.165) is 5.69 Å². The van der Waals surface area contributed by atoms with E-state index in [1.807, 2.05) is 5.38 Å². The second-order valence-corrected chi connectivity index (χ2v) is 4.54. The summed E-state index contributed by atoms with van der Waals surface area (Å²) in [5.41, 5.74) is 7.31. The van der Waals surface area contributed by atoms with Crippen molar-refractivity contribution in [2.24, 2.45) is 0 Å². The summed E-state index contributed by atoms with van der Waals surface area (Å²) in [5, 5.41) is 2.39. The molecule has 0 fully saturated rings. The van der Waals surface area contributed by atoms with Gasteiger partial charge in [-0.15, -0.1) is 11.3 Å². The maximum Gasteiger partial charge on any atom is 0.180 e. The average molecular weight is 250 g/mol. The van der Waals surface area contributed by atoms with Crippen molar-refractivity contribution in [2.45, 2.75) is 12.8 Å². The third kappa shape index (κ3) is 2.88. The number of hydrogen-bond donors (Lipinski definition) is 1. The highest BCUT2D eigenvalue weighted by molar-refractivity contribution is 7.13. The van der Waals surface area contributed by atoms with Crippen LogP contribution in [0.15, 0.2) is 23.6 Å². The first-order chi connectivity index (χ1) is 8.19. The van der Waals surface area contributed by atoms with E-state index >= 15 is 0 Å². The van der Waals surface area contributed by atoms with Gasteiger partial charge in [0, 0.05) is 10.9 Å². The minimum Gasteiger partial charge on any atom is -0.375 e. The van der Waals surface area contributed by atoms with Gasteiger partial charge in [0.25, 0.3) is 0 Å². The Balaban J connectivity index is 2.06. The largest absolute Gasteiger partial charge is 0.375 e. The van der Waals surface area contributed by atoms with Crippen LogP contribution in [0.5, 0.6) is 0 Å². The lowest BCUT2D eigenvalue weighted by Gasteiger charge is -2.02. The van der Waals surface area contributed by atoms with E-state index in [9.17, 15) is 9.18 Å². The van der Waals surface area contributed by atoms with Crippen LogP contribution in [0.4, 0.5) is 9.52 Å². The Labute approximate surface area is 102 Å². The molecule has 0 aliphatic rings. The van der Waals surface area contributed by atoms with Gasteiger partial charge in [-0.25, -0.2) is 9.37 Å². The van der Waals surface area contributed by atoms with Crippen molar-refractivity contribution < 1.29 is 9.18 Å². The van der Waals surface area contributed by atoms with Crippen molar-refractivity contribution in [1.82, 2.24) is 4.98 Å². The number of halogens is 1. The number of benzene rings is 1. The highest BCUT2D eigenvalue weighted by Gasteiger charge is 2.05. The minimum absolute atomic E-state index is 0.349. The van der Waals surface area contributed by atoms with Crippen LogP contribution in [-0.2, 0) is 12.8 Å². The van der Waals surface area contributed by atoms with Crippen LogP contribution in [0.2, 0.25) is 0 Å². The Morgan fingerprint density at radius 1 is 1.41 bits per heavy atom. The van der Waals surface area contributed by atoms with Gasteiger partial charge in [0.1, 0.15) is 12.1 Å². The van der Waals surface area contributed by atoms with Gasteiger partial charge in [-0.1, -0.05) is 12.1 Å². The molecule has 0 amide bonds. The van der Waals surface area contributed by atoms with E-state index in [0.29, 0.717) is 35.4 Å². The normalized spacial score (nSPS) is 10.4. The van der Waals surface area contributed by atoms with E-state index in [4.69, 9.17) is 5.73 Å². The van der Waals surface area contributed by atoms with E-state index in [1.165, 1.54) is 17.4 Å². The van der Waals surface area contributed by atoms with Gasteiger partial charge in [-0.3, -0.25) is 4.79 Å². The quantitative estimate of drug-likeness (QED) is 0.848. The molecular weight excluding hydrogens is 239 g/mol. The summed E-state index contributed by atoms with van der Waals surface area (Å²) >= 11 is 1.38. The highest BCUT2D eigenvalue weighted by Crippen LogP contribution is 2.15. The summed E-state index contributed by atoms with van der Waals surface area (Å²) in [7, 11) is 0. The third-order valence-electron chi connectivity index (χ3n) is 2.43. The Hall–Kier alpha value is -1.75. The fourth-order valence-electron chi connectivity index (χ4n) is 1.54. The highest BCUT2D eigenvalue weighted by atomic mass is 32.1. The molecule has 2 aromatic rings. The first kappa shape index (κ1) is 11.7. The Kier molecular flexibility index (Phi) is 3.49. The molecule has 0 spiro atoms. The van der Waals surface area contributed by atoms with Crippen molar-refractivity contribution >= 4 is 22.8 Å². The number of aryl methyl sites for hydroxylation is 2. The van der Waals surface area contributed by atoms with Crippen LogP contribution in [0.3, 0.4) is 0 Å². The fourth-order valence-corrected chi connectivity index (χ4v) is 2.14. The number of thiazole rings is 1. The number of carbonyl (C=O) groups is 1. The summed E-state index contributed by atoms with van der Waals surface area (Å²) in [6, 6.07) is 4.49. The zero-order valence-corrected chi connectivity index (χ0v) is 9.84. The predicted molar refractivity (Wildman–Crippen MR) is 65.7 cm³/mol. The lowest BCUT2D eigenvalue weighted by Crippen LogP contribution is -1.96. The Morgan fingerprint density at radius 3 is 2.82 bits per heavy atom. The predicted octanol–water partition coefficient (Wildman–Crippen LogP) is 2.46. The number of nitrogen functional groups attached to an aromatic ring is 1. The number of aromatic nitrogens is 1. The molecule has 0 bridgehead atoms. The zero-order valence-electron chi connectivity index (χ0n) is 9.02. The Morgan fingerprint density at radius 2 is 2.24 bits per heavy atom. The molecule has 17 heavy (non-hydrogen) atoms. The summed E-state index contributed by atoms with van der Waals surface area (Å²) in [5.74, 6) is -0.349. The number of nitrogens with two attached hydrogens (primary N) is 1. The van der Waals surface area contributed by atoms with E-state index in [2.05, 4.69) is 4.98 Å². The number of nitrogens with zero attached hydrogens (tertiary/aromatic N) is 1. The van der Waals surface area contributed by atoms with E-state index in [1.54, 1.807) is 12.1 Å². The average Bonchev–Trinajstić information content (AvgIpc) is 2.73. The van der Waals surface area contributed by atoms with Crippen molar-refractivity contribution in [2.75, 3.05) is 5.73 Å². The number of hydrogen-bond acceptors (Lipinski definition) is 4. The number of rotatable bonds is 4. The van der Waals surface area contributed by atoms with Crippen LogP contribution < -0.4 is 5.73 Å². The maximum absolute atomic E-state index is 13.5. The maximum atomic E-state index is 13.5. The van der Waals surface area contributed by atoms with Crippen LogP contribution in [-0.4, -0.2) is 11.3 Å². The van der Waals surface area contributed by atoms with Gasteiger partial charge >= 0.3 is 0 Å². The van der Waals surface area contributed by atoms with Crippen molar-refractivity contribution in [3.8, 4) is 0 Å². The summed E-state index contributed by atoms with van der Waals surface area (Å²) in [6.45, 7) is 0. The topological polar surface area (TPSA) is 56.0 Å². The first-order valence-corrected chi connectivity index (χ1v) is 6.00. The molecule has 0 aliphatic carbocycles. The smallest absolute Gasteiger partial charge is 0.180 e. The second kappa shape index (κ2) is 5.05. The molecule has 0 aliphatic heterocycles. The molecule has 1 aromatic heterocycles.